The molecule has 22 heteroatoms. The maximum absolute atomic E-state index is 14.7. The highest BCUT2D eigenvalue weighted by Gasteiger charge is 2.44. The van der Waals surface area contributed by atoms with Gasteiger partial charge in [-0.25, -0.2) is 4.79 Å². The number of para-hydroxylation sites is 1. The SMILES string of the molecule is CCC(C)C(C(CC(=O)N1CCCC1C(OC)C(C)C(=O)NC(Cc1ccccc1)C(=O)O)OC)N(C)C(=O)C(NC(=O)C(C(C)C)N(C)C(=O)CCOCCOCCOCCOCCNC(=O)CCC(=O)N1Cc2ccccc2C#Cc2ccccc21)C(C)C. The van der Waals surface area contributed by atoms with E-state index in [0.29, 0.717) is 58.8 Å². The molecular formula is C69H99N7O15. The summed E-state index contributed by atoms with van der Waals surface area (Å²) >= 11 is 0. The van der Waals surface area contributed by atoms with Gasteiger partial charge in [0, 0.05) is 71.8 Å². The number of benzene rings is 3. The van der Waals surface area contributed by atoms with E-state index in [9.17, 15) is 43.5 Å². The fourth-order valence-corrected chi connectivity index (χ4v) is 11.7. The van der Waals surface area contributed by atoms with Crippen molar-refractivity contribution in [3.63, 3.8) is 0 Å². The van der Waals surface area contributed by atoms with Gasteiger partial charge in [0.2, 0.25) is 41.4 Å². The number of rotatable bonds is 39. The number of ether oxygens (including phenoxy) is 6. The fourth-order valence-electron chi connectivity index (χ4n) is 11.7. The smallest absolute Gasteiger partial charge is 0.326 e. The van der Waals surface area contributed by atoms with Crippen LogP contribution in [0.4, 0.5) is 5.69 Å². The van der Waals surface area contributed by atoms with Gasteiger partial charge in [0.15, 0.2) is 0 Å². The summed E-state index contributed by atoms with van der Waals surface area (Å²) in [6.45, 7) is 16.1. The molecule has 2 aliphatic heterocycles. The van der Waals surface area contributed by atoms with Crippen molar-refractivity contribution in [2.75, 3.05) is 99.2 Å². The van der Waals surface area contributed by atoms with Crippen LogP contribution in [0.1, 0.15) is 116 Å². The van der Waals surface area contributed by atoms with Crippen LogP contribution < -0.4 is 20.9 Å². The van der Waals surface area contributed by atoms with Crippen LogP contribution in [0.25, 0.3) is 0 Å². The summed E-state index contributed by atoms with van der Waals surface area (Å²) in [4.78, 5) is 115. The number of carboxylic acids is 1. The summed E-state index contributed by atoms with van der Waals surface area (Å²) in [5.74, 6) is 1.23. The van der Waals surface area contributed by atoms with E-state index in [1.54, 1.807) is 60.0 Å². The number of carbonyl (C=O) groups excluding carboxylic acids is 7. The van der Waals surface area contributed by atoms with Crippen LogP contribution in [0, 0.1) is 35.5 Å². The van der Waals surface area contributed by atoms with Gasteiger partial charge in [-0.2, -0.15) is 0 Å². The first kappa shape index (κ1) is 74.5. The quantitative estimate of drug-likeness (QED) is 0.0398. The highest BCUT2D eigenvalue weighted by Crippen LogP contribution is 2.31. The van der Waals surface area contributed by atoms with Gasteiger partial charge in [-0.1, -0.05) is 127 Å². The number of hydrogen-bond acceptors (Lipinski definition) is 14. The summed E-state index contributed by atoms with van der Waals surface area (Å²) in [5.41, 5.74) is 4.05. The monoisotopic (exact) mass is 1270 g/mol. The summed E-state index contributed by atoms with van der Waals surface area (Å²) in [6, 6.07) is 20.1. The number of hydrogen-bond donors (Lipinski definition) is 4. The summed E-state index contributed by atoms with van der Waals surface area (Å²) < 4.78 is 34.5. The van der Waals surface area contributed by atoms with Gasteiger partial charge in [-0.05, 0) is 59.9 Å². The van der Waals surface area contributed by atoms with Crippen LogP contribution >= 0.6 is 0 Å². The van der Waals surface area contributed by atoms with E-state index in [1.165, 1.54) is 19.1 Å². The molecule has 2 aliphatic rings. The van der Waals surface area contributed by atoms with Gasteiger partial charge in [-0.3, -0.25) is 33.6 Å². The predicted molar refractivity (Wildman–Crippen MR) is 344 cm³/mol. The third-order valence-corrected chi connectivity index (χ3v) is 17.0. The molecule has 0 radical (unpaired) electrons. The Balaban J connectivity index is 0.989. The first-order chi connectivity index (χ1) is 43.6. The van der Waals surface area contributed by atoms with Gasteiger partial charge in [0.25, 0.3) is 0 Å². The van der Waals surface area contributed by atoms with Crippen LogP contribution in [0.15, 0.2) is 78.9 Å². The molecule has 5 rings (SSSR count). The molecule has 22 nitrogen and oxygen atoms in total. The molecule has 0 spiro atoms. The van der Waals surface area contributed by atoms with E-state index in [0.717, 1.165) is 27.9 Å². The van der Waals surface area contributed by atoms with Gasteiger partial charge >= 0.3 is 5.97 Å². The number of carboxylic acid groups (broad SMARTS) is 1. The van der Waals surface area contributed by atoms with Crippen molar-refractivity contribution in [3.8, 4) is 11.8 Å². The Morgan fingerprint density at radius 2 is 1.27 bits per heavy atom. The van der Waals surface area contributed by atoms with Crippen LogP contribution in [-0.4, -0.2) is 204 Å². The molecule has 0 aromatic heterocycles. The molecule has 9 unspecified atom stereocenters. The molecule has 3 aromatic rings. The van der Waals surface area contributed by atoms with E-state index >= 15 is 0 Å². The number of methoxy groups -OCH3 is 2. The lowest BCUT2D eigenvalue weighted by Crippen LogP contribution is -2.60. The lowest BCUT2D eigenvalue weighted by Gasteiger charge is -2.41. The van der Waals surface area contributed by atoms with Gasteiger partial charge < -0.3 is 69.1 Å². The molecule has 91 heavy (non-hydrogen) atoms. The molecule has 0 bridgehead atoms. The molecule has 0 aliphatic carbocycles. The van der Waals surface area contributed by atoms with Crippen LogP contribution in [0.3, 0.4) is 0 Å². The fraction of sp³-hybridized carbons (Fsp3) is 0.594. The number of anilines is 1. The van der Waals surface area contributed by atoms with E-state index in [1.807, 2.05) is 96.1 Å². The number of likely N-dealkylation sites (N-methyl/N-ethyl adjacent to an activating group) is 2. The molecule has 2 heterocycles. The molecule has 0 saturated carbocycles. The molecular weight excluding hydrogens is 1170 g/mol. The highest BCUT2D eigenvalue weighted by molar-refractivity contribution is 5.97. The van der Waals surface area contributed by atoms with Crippen molar-refractivity contribution in [3.05, 3.63) is 101 Å². The minimum Gasteiger partial charge on any atom is -0.480 e. The van der Waals surface area contributed by atoms with Crippen molar-refractivity contribution < 1.29 is 71.9 Å². The molecule has 4 N–H and O–H groups in total. The first-order valence-corrected chi connectivity index (χ1v) is 31.9. The van der Waals surface area contributed by atoms with Gasteiger partial charge in [-0.15, -0.1) is 0 Å². The second kappa shape index (κ2) is 38.6. The number of carbonyl (C=O) groups is 8. The minimum atomic E-state index is -1.17. The van der Waals surface area contributed by atoms with Gasteiger partial charge in [0.1, 0.15) is 18.1 Å². The molecule has 1 fully saturated rings. The van der Waals surface area contributed by atoms with Crippen LogP contribution in [-0.2, 0) is 79.7 Å². The topological polar surface area (TPSA) is 261 Å². The Hall–Kier alpha value is -7.26. The molecule has 3 aromatic carbocycles. The second-order valence-electron chi connectivity index (χ2n) is 24.1. The number of fused-ring (bicyclic) bond motifs is 2. The Kier molecular flexibility index (Phi) is 31.6. The van der Waals surface area contributed by atoms with Crippen molar-refractivity contribution in [1.29, 1.82) is 0 Å². The average molecular weight is 1270 g/mol. The number of nitrogens with one attached hydrogen (secondary N) is 3. The van der Waals surface area contributed by atoms with E-state index in [-0.39, 0.29) is 112 Å². The molecule has 1 saturated heterocycles. The third-order valence-electron chi connectivity index (χ3n) is 17.0. The summed E-state index contributed by atoms with van der Waals surface area (Å²) in [7, 11) is 6.19. The lowest BCUT2D eigenvalue weighted by molar-refractivity contribution is -0.149. The van der Waals surface area contributed by atoms with E-state index in [4.69, 9.17) is 28.4 Å². The van der Waals surface area contributed by atoms with Crippen molar-refractivity contribution in [1.82, 2.24) is 30.7 Å². The van der Waals surface area contributed by atoms with Crippen molar-refractivity contribution in [2.24, 2.45) is 23.7 Å². The Morgan fingerprint density at radius 3 is 1.89 bits per heavy atom. The third kappa shape index (κ3) is 22.5. The number of likely N-dealkylation sites (tertiary alicyclic amines) is 1. The maximum atomic E-state index is 14.7. The summed E-state index contributed by atoms with van der Waals surface area (Å²) in [5, 5.41) is 18.5. The number of aliphatic carboxylic acids is 1. The largest absolute Gasteiger partial charge is 0.480 e. The van der Waals surface area contributed by atoms with Crippen LogP contribution in [0.5, 0.6) is 0 Å². The molecule has 9 atom stereocenters. The Labute approximate surface area is 538 Å². The predicted octanol–water partition coefficient (Wildman–Crippen LogP) is 5.64. The Bertz CT molecular complexity index is 2900. The van der Waals surface area contributed by atoms with E-state index < -0.39 is 66.1 Å². The number of amides is 7. The Morgan fingerprint density at radius 1 is 0.670 bits per heavy atom. The second-order valence-corrected chi connectivity index (χ2v) is 24.1. The lowest BCUT2D eigenvalue weighted by atomic mass is 9.89. The summed E-state index contributed by atoms with van der Waals surface area (Å²) in [6.07, 6.45) is 0.430. The average Bonchev–Trinajstić information content (AvgIpc) is 1.76. The van der Waals surface area contributed by atoms with Gasteiger partial charge in [0.05, 0.1) is 108 Å². The van der Waals surface area contributed by atoms with Crippen LogP contribution in [0.2, 0.25) is 0 Å². The highest BCUT2D eigenvalue weighted by atomic mass is 16.6. The zero-order valence-corrected chi connectivity index (χ0v) is 55.2. The molecule has 7 amide bonds. The van der Waals surface area contributed by atoms with Crippen molar-refractivity contribution >= 4 is 53.0 Å². The zero-order valence-electron chi connectivity index (χ0n) is 55.2. The number of nitrogens with zero attached hydrogens (tertiary/aromatic N) is 4. The first-order valence-electron chi connectivity index (χ1n) is 31.9. The van der Waals surface area contributed by atoms with E-state index in [2.05, 4.69) is 27.8 Å². The minimum absolute atomic E-state index is 0.00385. The maximum Gasteiger partial charge on any atom is 0.326 e. The normalized spacial score (nSPS) is 16.3. The zero-order chi connectivity index (χ0) is 66.6. The standard InChI is InChI=1S/C69H99N7O15/c1-12-48(6)64(57(86-10)44-61(80)75-34-20-27-56(75)65(87-11)49(7)66(81)71-54(69(84)85)43-50-21-14-13-15-22-50)74(9)68(83)62(46(2)3)72-67(82)63(47(4)5)73(8)59(78)32-35-88-37-39-90-41-42-91-40-38-89-36-33-70-58(77)30-31-60(79)76-45-53-25-17-16-23-51(53)28-29-52-24-18-19-26-55(52)76/h13-19,21-26,46-49,54,56-57,62-65H,12,20,27,30-45H2,1-11H3,(H,70,77)(H,71,81)(H,72,82)(H,84,85). The molecule has 500 valence electrons. The van der Waals surface area contributed by atoms with Crippen molar-refractivity contribution in [2.45, 2.75) is 149 Å².